The van der Waals surface area contributed by atoms with Crippen molar-refractivity contribution in [2.24, 2.45) is 0 Å². The maximum Gasteiger partial charge on any atom is 0.310 e. The molecular weight excluding hydrogens is 431 g/mol. The molecule has 0 radical (unpaired) electrons. The van der Waals surface area contributed by atoms with Crippen molar-refractivity contribution in [3.8, 4) is 0 Å². The average molecular weight is 459 g/mol. The number of fused-ring (bicyclic) bond motifs is 3. The third-order valence-corrected chi connectivity index (χ3v) is 8.02. The lowest BCUT2D eigenvalue weighted by atomic mass is 10.0. The van der Waals surface area contributed by atoms with E-state index >= 15 is 0 Å². The molecule has 6 nitrogen and oxygen atoms in total. The van der Waals surface area contributed by atoms with E-state index in [1.54, 1.807) is 7.05 Å². The van der Waals surface area contributed by atoms with Crippen LogP contribution in [0, 0.1) is 5.82 Å². The summed E-state index contributed by atoms with van der Waals surface area (Å²) >= 11 is 0. The second-order valence-electron chi connectivity index (χ2n) is 8.12. The van der Waals surface area contributed by atoms with Gasteiger partial charge in [0.05, 0.1) is 17.9 Å². The largest absolute Gasteiger partial charge is 0.465 e. The molecule has 3 aromatic rings. The van der Waals surface area contributed by atoms with E-state index in [2.05, 4.69) is 4.57 Å². The lowest BCUT2D eigenvalue weighted by molar-refractivity contribution is -0.142. The number of aromatic nitrogens is 1. The van der Waals surface area contributed by atoms with Crippen LogP contribution in [-0.4, -0.2) is 43.0 Å². The van der Waals surface area contributed by atoms with Gasteiger partial charge in [0, 0.05) is 36.2 Å². The van der Waals surface area contributed by atoms with E-state index in [9.17, 15) is 17.6 Å². The molecule has 2 heterocycles. The predicted molar refractivity (Wildman–Crippen MR) is 120 cm³/mol. The van der Waals surface area contributed by atoms with Gasteiger partial charge in [0.25, 0.3) is 0 Å². The van der Waals surface area contributed by atoms with E-state index in [1.165, 1.54) is 16.4 Å². The smallest absolute Gasteiger partial charge is 0.310 e. The lowest BCUT2D eigenvalue weighted by Crippen LogP contribution is -2.42. The fourth-order valence-corrected chi connectivity index (χ4v) is 5.78. The minimum Gasteiger partial charge on any atom is -0.465 e. The Morgan fingerprint density at radius 2 is 1.91 bits per heavy atom. The number of halogens is 1. The van der Waals surface area contributed by atoms with E-state index in [1.807, 2.05) is 31.2 Å². The van der Waals surface area contributed by atoms with Crippen molar-refractivity contribution in [1.82, 2.24) is 8.87 Å². The molecule has 0 amide bonds. The number of carbonyl (C=O) groups excluding carboxylic acids is 1. The summed E-state index contributed by atoms with van der Waals surface area (Å²) in [6, 6.07) is 12.5. The van der Waals surface area contributed by atoms with Gasteiger partial charge in [-0.25, -0.2) is 12.8 Å². The molecule has 0 fully saturated rings. The third-order valence-electron chi connectivity index (χ3n) is 6.09. The molecular formula is C24H27FN2O4S. The second kappa shape index (κ2) is 9.03. The maximum absolute atomic E-state index is 13.3. The molecule has 0 saturated heterocycles. The van der Waals surface area contributed by atoms with Gasteiger partial charge in [-0.3, -0.25) is 4.79 Å². The van der Waals surface area contributed by atoms with E-state index in [0.717, 1.165) is 40.7 Å². The van der Waals surface area contributed by atoms with Gasteiger partial charge in [-0.15, -0.1) is 0 Å². The standard InChI is InChI=1S/C24H27FN2O4S/c1-3-14-31-24(28)15-21-20-6-4-5-7-22(20)27-16-18(10-13-23(21)27)26(2)32(29,30)19-11-8-17(25)9-12-19/h4-9,11-12,18H,3,10,13-16H2,1-2H3/t18-/m1/s1. The number of ether oxygens (including phenoxy) is 1. The Kier molecular flexibility index (Phi) is 6.35. The highest BCUT2D eigenvalue weighted by atomic mass is 32.2. The minimum atomic E-state index is -3.75. The predicted octanol–water partition coefficient (Wildman–Crippen LogP) is 3.91. The number of para-hydroxylation sites is 1. The van der Waals surface area contributed by atoms with E-state index in [4.69, 9.17) is 4.74 Å². The summed E-state index contributed by atoms with van der Waals surface area (Å²) in [6.45, 7) is 2.84. The zero-order valence-electron chi connectivity index (χ0n) is 18.3. The Morgan fingerprint density at radius 1 is 1.19 bits per heavy atom. The second-order valence-corrected chi connectivity index (χ2v) is 10.1. The summed E-state index contributed by atoms with van der Waals surface area (Å²) in [7, 11) is -2.18. The summed E-state index contributed by atoms with van der Waals surface area (Å²) in [4.78, 5) is 12.4. The molecule has 0 aliphatic carbocycles. The molecule has 32 heavy (non-hydrogen) atoms. The van der Waals surface area contributed by atoms with Crippen LogP contribution in [0.3, 0.4) is 0 Å². The normalized spacial score (nSPS) is 16.3. The molecule has 0 bridgehead atoms. The van der Waals surface area contributed by atoms with Gasteiger partial charge in [-0.2, -0.15) is 4.31 Å². The number of nitrogens with zero attached hydrogens (tertiary/aromatic N) is 2. The van der Waals surface area contributed by atoms with Crippen LogP contribution in [0.1, 0.15) is 31.0 Å². The summed E-state index contributed by atoms with van der Waals surface area (Å²) in [5.74, 6) is -0.721. The highest BCUT2D eigenvalue weighted by Gasteiger charge is 2.33. The van der Waals surface area contributed by atoms with Crippen molar-refractivity contribution in [3.05, 3.63) is 65.6 Å². The van der Waals surface area contributed by atoms with Crippen LogP contribution in [0.5, 0.6) is 0 Å². The number of likely N-dealkylation sites (N-methyl/N-ethyl adjacent to an activating group) is 1. The van der Waals surface area contributed by atoms with E-state index in [-0.39, 0.29) is 23.3 Å². The Hall–Kier alpha value is -2.71. The molecule has 1 aromatic heterocycles. The van der Waals surface area contributed by atoms with Crippen LogP contribution in [0.2, 0.25) is 0 Å². The SMILES string of the molecule is CCCOC(=O)Cc1c2n(c3ccccc13)C[C@H](N(C)S(=O)(=O)c1ccc(F)cc1)CC2. The first-order valence-electron chi connectivity index (χ1n) is 10.8. The first-order chi connectivity index (χ1) is 15.3. The number of rotatable bonds is 7. The molecule has 170 valence electrons. The third kappa shape index (κ3) is 4.17. The summed E-state index contributed by atoms with van der Waals surface area (Å²) in [5.41, 5.74) is 3.01. The van der Waals surface area contributed by atoms with Crippen LogP contribution in [0.15, 0.2) is 53.4 Å². The van der Waals surface area contributed by atoms with Gasteiger partial charge in [-0.05, 0) is 55.2 Å². The van der Waals surface area contributed by atoms with Crippen LogP contribution in [0.4, 0.5) is 4.39 Å². The highest BCUT2D eigenvalue weighted by Crippen LogP contribution is 2.33. The van der Waals surface area contributed by atoms with Gasteiger partial charge in [-0.1, -0.05) is 25.1 Å². The molecule has 4 rings (SSSR count). The fraction of sp³-hybridized carbons (Fsp3) is 0.375. The Labute approximate surface area is 187 Å². The number of hydrogen-bond donors (Lipinski definition) is 0. The quantitative estimate of drug-likeness (QED) is 0.504. The molecule has 0 spiro atoms. The Bertz CT molecular complexity index is 1230. The number of hydrogen-bond acceptors (Lipinski definition) is 4. The molecule has 0 unspecified atom stereocenters. The maximum atomic E-state index is 13.3. The summed E-state index contributed by atoms with van der Waals surface area (Å²) < 4.78 is 48.3. The van der Waals surface area contributed by atoms with Gasteiger partial charge < -0.3 is 9.30 Å². The van der Waals surface area contributed by atoms with Crippen LogP contribution in [-0.2, 0) is 38.9 Å². The minimum absolute atomic E-state index is 0.0731. The van der Waals surface area contributed by atoms with Crippen molar-refractivity contribution in [2.45, 2.75) is 50.1 Å². The van der Waals surface area contributed by atoms with Crippen molar-refractivity contribution in [1.29, 1.82) is 0 Å². The van der Waals surface area contributed by atoms with Gasteiger partial charge in [0.15, 0.2) is 0 Å². The van der Waals surface area contributed by atoms with E-state index < -0.39 is 15.8 Å². The Morgan fingerprint density at radius 3 is 2.62 bits per heavy atom. The van der Waals surface area contributed by atoms with Crippen molar-refractivity contribution in [2.75, 3.05) is 13.7 Å². The first kappa shape index (κ1) is 22.5. The number of carbonyl (C=O) groups is 1. The van der Waals surface area contributed by atoms with E-state index in [0.29, 0.717) is 26.0 Å². The number of sulfonamides is 1. The molecule has 1 aliphatic heterocycles. The van der Waals surface area contributed by atoms with Crippen molar-refractivity contribution >= 4 is 26.9 Å². The van der Waals surface area contributed by atoms with Gasteiger partial charge in [0.1, 0.15) is 5.82 Å². The molecule has 0 N–H and O–H groups in total. The molecule has 0 saturated carbocycles. The van der Waals surface area contributed by atoms with Gasteiger partial charge in [0.2, 0.25) is 10.0 Å². The lowest BCUT2D eigenvalue weighted by Gasteiger charge is -2.32. The number of benzene rings is 2. The Balaban J connectivity index is 1.64. The first-order valence-corrected chi connectivity index (χ1v) is 12.2. The number of esters is 1. The zero-order valence-corrected chi connectivity index (χ0v) is 19.1. The van der Waals surface area contributed by atoms with Crippen LogP contribution < -0.4 is 0 Å². The zero-order chi connectivity index (χ0) is 22.9. The molecule has 1 aliphatic rings. The van der Waals surface area contributed by atoms with Gasteiger partial charge >= 0.3 is 5.97 Å². The van der Waals surface area contributed by atoms with Crippen LogP contribution >= 0.6 is 0 Å². The monoisotopic (exact) mass is 458 g/mol. The summed E-state index contributed by atoms with van der Waals surface area (Å²) in [6.07, 6.45) is 2.26. The molecule has 1 atom stereocenters. The van der Waals surface area contributed by atoms with Crippen molar-refractivity contribution in [3.63, 3.8) is 0 Å². The molecule has 2 aromatic carbocycles. The fourth-order valence-electron chi connectivity index (χ4n) is 4.40. The highest BCUT2D eigenvalue weighted by molar-refractivity contribution is 7.89. The van der Waals surface area contributed by atoms with Crippen LogP contribution in [0.25, 0.3) is 10.9 Å². The topological polar surface area (TPSA) is 68.6 Å². The average Bonchev–Trinajstić information content (AvgIpc) is 3.10. The molecule has 8 heteroatoms. The summed E-state index contributed by atoms with van der Waals surface area (Å²) in [5, 5.41) is 1.00. The van der Waals surface area contributed by atoms with Crippen molar-refractivity contribution < 1.29 is 22.3 Å².